The second-order valence-corrected chi connectivity index (χ2v) is 4.45. The predicted octanol–water partition coefficient (Wildman–Crippen LogP) is 3.58. The van der Waals surface area contributed by atoms with Crippen LogP contribution in [0.15, 0.2) is 54.9 Å². The normalized spacial score (nSPS) is 11.1. The van der Waals surface area contributed by atoms with Gasteiger partial charge in [-0.1, -0.05) is 18.2 Å². The molecule has 0 radical (unpaired) electrons. The summed E-state index contributed by atoms with van der Waals surface area (Å²) in [5, 5.41) is 11.2. The number of hydrogen-bond donors (Lipinski definition) is 1. The standard InChI is InChI=1S/C14H9NO2.BF4/c16-14(17)12-5-6-13-7-10-3-1-2-4-11(10)8-15(13)9-12;2-1(3,4)5/h1-9H;/q;-1/p+1. The van der Waals surface area contributed by atoms with E-state index in [0.717, 1.165) is 16.3 Å². The van der Waals surface area contributed by atoms with Crippen molar-refractivity contribution in [3.05, 3.63) is 60.4 Å². The zero-order valence-corrected chi connectivity index (χ0v) is 11.1. The van der Waals surface area contributed by atoms with Crippen LogP contribution in [0.4, 0.5) is 17.3 Å². The first-order valence-electron chi connectivity index (χ1n) is 6.18. The van der Waals surface area contributed by atoms with Crippen molar-refractivity contribution in [1.82, 2.24) is 0 Å². The molecule has 0 amide bonds. The molecule has 3 nitrogen and oxygen atoms in total. The van der Waals surface area contributed by atoms with Crippen LogP contribution in [0.25, 0.3) is 16.3 Å². The summed E-state index contributed by atoms with van der Waals surface area (Å²) in [6.45, 7) is 0. The molecule has 2 heterocycles. The second kappa shape index (κ2) is 6.01. The van der Waals surface area contributed by atoms with Crippen molar-refractivity contribution in [2.45, 2.75) is 0 Å². The van der Waals surface area contributed by atoms with Gasteiger partial charge in [0.1, 0.15) is 5.56 Å². The molecule has 0 saturated heterocycles. The van der Waals surface area contributed by atoms with E-state index in [1.165, 1.54) is 0 Å². The Kier molecular flexibility index (Phi) is 4.30. The molecule has 0 saturated carbocycles. The van der Waals surface area contributed by atoms with Crippen LogP contribution in [0.3, 0.4) is 0 Å². The highest BCUT2D eigenvalue weighted by atomic mass is 19.5. The van der Waals surface area contributed by atoms with Gasteiger partial charge in [-0.25, -0.2) is 4.79 Å². The Balaban J connectivity index is 0.000000309. The van der Waals surface area contributed by atoms with Crippen LogP contribution in [0.2, 0.25) is 0 Å². The fraction of sp³-hybridized carbons (Fsp3) is 0. The highest BCUT2D eigenvalue weighted by Crippen LogP contribution is 2.13. The number of carboxylic acids is 1. The van der Waals surface area contributed by atoms with Crippen LogP contribution in [-0.4, -0.2) is 18.3 Å². The Bertz CT molecular complexity index is 830. The number of aromatic carboxylic acids is 1. The molecule has 0 bridgehead atoms. The van der Waals surface area contributed by atoms with Gasteiger partial charge in [-0.15, -0.1) is 0 Å². The molecular formula is C14H10BF4NO2. The van der Waals surface area contributed by atoms with Gasteiger partial charge in [0, 0.05) is 17.5 Å². The van der Waals surface area contributed by atoms with Gasteiger partial charge in [-0.3, -0.25) is 0 Å². The molecule has 0 aliphatic rings. The smallest absolute Gasteiger partial charge is 0.477 e. The Morgan fingerprint density at radius 3 is 2.14 bits per heavy atom. The van der Waals surface area contributed by atoms with E-state index in [0.29, 0.717) is 0 Å². The maximum atomic E-state index is 10.9. The van der Waals surface area contributed by atoms with Gasteiger partial charge >= 0.3 is 13.2 Å². The summed E-state index contributed by atoms with van der Waals surface area (Å²) < 4.78 is 40.8. The lowest BCUT2D eigenvalue weighted by molar-refractivity contribution is -0.510. The summed E-state index contributed by atoms with van der Waals surface area (Å²) in [5.41, 5.74) is 1.27. The van der Waals surface area contributed by atoms with Crippen molar-refractivity contribution in [1.29, 1.82) is 0 Å². The van der Waals surface area contributed by atoms with E-state index in [1.807, 2.05) is 47.0 Å². The van der Waals surface area contributed by atoms with E-state index in [9.17, 15) is 22.1 Å². The van der Waals surface area contributed by atoms with Gasteiger partial charge in [0.25, 0.3) is 0 Å². The fourth-order valence-corrected chi connectivity index (χ4v) is 1.96. The Labute approximate surface area is 122 Å². The van der Waals surface area contributed by atoms with E-state index in [1.54, 1.807) is 12.3 Å². The van der Waals surface area contributed by atoms with Gasteiger partial charge in [-0.05, 0) is 17.5 Å². The van der Waals surface area contributed by atoms with Crippen molar-refractivity contribution in [2.24, 2.45) is 0 Å². The van der Waals surface area contributed by atoms with Crippen LogP contribution in [0, 0.1) is 0 Å². The SMILES string of the molecule is F[B-](F)(F)F.O=C(O)c1ccc2cc3ccccc3c[n+]2c1. The topological polar surface area (TPSA) is 41.4 Å². The molecule has 0 spiro atoms. The molecule has 0 aliphatic heterocycles. The molecule has 3 rings (SSSR count). The van der Waals surface area contributed by atoms with Gasteiger partial charge in [0.2, 0.25) is 5.52 Å². The third-order valence-corrected chi connectivity index (χ3v) is 2.83. The number of aromatic nitrogens is 1. The van der Waals surface area contributed by atoms with Crippen LogP contribution in [0.5, 0.6) is 0 Å². The van der Waals surface area contributed by atoms with E-state index < -0.39 is 13.2 Å². The second-order valence-electron chi connectivity index (χ2n) is 4.45. The maximum Gasteiger partial charge on any atom is 0.673 e. The minimum absolute atomic E-state index is 0.290. The van der Waals surface area contributed by atoms with E-state index in [-0.39, 0.29) is 5.56 Å². The van der Waals surface area contributed by atoms with Gasteiger partial charge < -0.3 is 22.4 Å². The molecular weight excluding hydrogens is 301 g/mol. The monoisotopic (exact) mass is 311 g/mol. The molecule has 1 N–H and O–H groups in total. The summed E-state index contributed by atoms with van der Waals surface area (Å²) >= 11 is 0. The average molecular weight is 311 g/mol. The van der Waals surface area contributed by atoms with Crippen LogP contribution < -0.4 is 4.40 Å². The summed E-state index contributed by atoms with van der Waals surface area (Å²) in [6, 6.07) is 13.5. The van der Waals surface area contributed by atoms with Crippen molar-refractivity contribution in [2.75, 3.05) is 0 Å². The molecule has 8 heteroatoms. The minimum Gasteiger partial charge on any atom is -0.477 e. The third kappa shape index (κ3) is 4.18. The summed E-state index contributed by atoms with van der Waals surface area (Å²) in [5.74, 6) is -0.910. The van der Waals surface area contributed by atoms with E-state index in [2.05, 4.69) is 0 Å². The molecule has 0 aliphatic carbocycles. The lowest BCUT2D eigenvalue weighted by Crippen LogP contribution is -2.22. The van der Waals surface area contributed by atoms with Gasteiger partial charge in [0.15, 0.2) is 12.4 Å². The third-order valence-electron chi connectivity index (χ3n) is 2.83. The molecule has 1 aromatic carbocycles. The number of rotatable bonds is 1. The average Bonchev–Trinajstić information content (AvgIpc) is 2.42. The number of pyridine rings is 2. The number of carboxylic acid groups (broad SMARTS) is 1. The quantitative estimate of drug-likeness (QED) is 0.323. The van der Waals surface area contributed by atoms with Crippen LogP contribution in [-0.2, 0) is 0 Å². The van der Waals surface area contributed by atoms with Crippen molar-refractivity contribution >= 4 is 29.5 Å². The summed E-state index contributed by atoms with van der Waals surface area (Å²) in [7, 11) is -6.00. The number of halogens is 4. The zero-order valence-electron chi connectivity index (χ0n) is 11.1. The van der Waals surface area contributed by atoms with E-state index >= 15 is 0 Å². The first-order valence-corrected chi connectivity index (χ1v) is 6.18. The fourth-order valence-electron chi connectivity index (χ4n) is 1.96. The number of carbonyl (C=O) groups is 1. The molecule has 0 fully saturated rings. The highest BCUT2D eigenvalue weighted by Gasteiger charge is 2.20. The van der Waals surface area contributed by atoms with Gasteiger partial charge in [0.05, 0.1) is 0 Å². The first-order chi connectivity index (χ1) is 10.2. The predicted molar refractivity (Wildman–Crippen MR) is 74.3 cm³/mol. The Morgan fingerprint density at radius 2 is 1.55 bits per heavy atom. The van der Waals surface area contributed by atoms with Crippen molar-refractivity contribution in [3.8, 4) is 0 Å². The molecule has 3 aromatic rings. The minimum atomic E-state index is -6.00. The highest BCUT2D eigenvalue weighted by molar-refractivity contribution is 6.50. The number of fused-ring (bicyclic) bond motifs is 2. The van der Waals surface area contributed by atoms with Gasteiger partial charge in [-0.2, -0.15) is 4.40 Å². The zero-order chi connectivity index (χ0) is 16.3. The summed E-state index contributed by atoms with van der Waals surface area (Å²) in [4.78, 5) is 10.9. The lowest BCUT2D eigenvalue weighted by Gasteiger charge is -1.97. The molecule has 114 valence electrons. The van der Waals surface area contributed by atoms with Crippen LogP contribution in [0.1, 0.15) is 10.4 Å². The van der Waals surface area contributed by atoms with Crippen molar-refractivity contribution in [3.63, 3.8) is 0 Å². The first kappa shape index (κ1) is 15.7. The molecule has 2 aromatic heterocycles. The van der Waals surface area contributed by atoms with E-state index in [4.69, 9.17) is 5.11 Å². The maximum absolute atomic E-state index is 10.9. The largest absolute Gasteiger partial charge is 0.673 e. The summed E-state index contributed by atoms with van der Waals surface area (Å²) in [6.07, 6.45) is 3.57. The molecule has 0 unspecified atom stereocenters. The Morgan fingerprint density at radius 1 is 0.955 bits per heavy atom. The number of benzene rings is 1. The molecule has 22 heavy (non-hydrogen) atoms. The number of nitrogens with zero attached hydrogens (tertiary/aromatic N) is 1. The van der Waals surface area contributed by atoms with Crippen molar-refractivity contribution < 1.29 is 31.6 Å². The lowest BCUT2D eigenvalue weighted by atomic mass is 10.1. The molecule has 0 atom stereocenters. The Hall–Kier alpha value is -2.64. The number of hydrogen-bond acceptors (Lipinski definition) is 1. The van der Waals surface area contributed by atoms with Crippen LogP contribution >= 0.6 is 0 Å².